The molecule has 3 aliphatic carbocycles. The van der Waals surface area contributed by atoms with E-state index in [1.807, 2.05) is 12.2 Å². The third-order valence-corrected chi connectivity index (χ3v) is 6.22. The van der Waals surface area contributed by atoms with Crippen LogP contribution in [0.4, 0.5) is 0 Å². The van der Waals surface area contributed by atoms with Gasteiger partial charge in [-0.15, -0.1) is 0 Å². The van der Waals surface area contributed by atoms with Crippen molar-refractivity contribution in [2.45, 2.75) is 26.2 Å². The summed E-state index contributed by atoms with van der Waals surface area (Å²) in [5.41, 5.74) is 7.04. The molecule has 0 saturated carbocycles. The SMILES string of the molecule is C=C/C=C\c1ccc(-c2nc(C3=CCC4C=CC=CC4=C3)nc(C3=CC=C(C)CC3)n2)cc1. The highest BCUT2D eigenvalue weighted by Gasteiger charge is 2.20. The zero-order valence-corrected chi connectivity index (χ0v) is 18.9. The molecule has 1 atom stereocenters. The fraction of sp³-hybridized carbons (Fsp3) is 0.167. The molecule has 3 nitrogen and oxygen atoms in total. The summed E-state index contributed by atoms with van der Waals surface area (Å²) < 4.78 is 0. The molecular weight excluding hydrogens is 402 g/mol. The third-order valence-electron chi connectivity index (χ3n) is 6.22. The Hall–Kier alpha value is -3.85. The summed E-state index contributed by atoms with van der Waals surface area (Å²) in [5, 5.41) is 0. The van der Waals surface area contributed by atoms with Crippen LogP contribution >= 0.6 is 0 Å². The van der Waals surface area contributed by atoms with Crippen LogP contribution in [0, 0.1) is 5.92 Å². The molecule has 3 heteroatoms. The van der Waals surface area contributed by atoms with Crippen molar-refractivity contribution >= 4 is 17.2 Å². The van der Waals surface area contributed by atoms with Gasteiger partial charge in [-0.1, -0.05) is 97.2 Å². The maximum Gasteiger partial charge on any atom is 0.164 e. The number of rotatable bonds is 5. The number of benzene rings is 1. The lowest BCUT2D eigenvalue weighted by Gasteiger charge is -2.21. The van der Waals surface area contributed by atoms with Gasteiger partial charge in [-0.2, -0.15) is 0 Å². The molecule has 0 bridgehead atoms. The highest BCUT2D eigenvalue weighted by Crippen LogP contribution is 2.33. The maximum atomic E-state index is 4.93. The molecule has 2 aromatic rings. The van der Waals surface area contributed by atoms with Crippen LogP contribution in [0.25, 0.3) is 28.6 Å². The Kier molecular flexibility index (Phi) is 5.95. The van der Waals surface area contributed by atoms with E-state index in [1.165, 1.54) is 16.7 Å². The normalized spacial score (nSPS) is 19.5. The fourth-order valence-corrected chi connectivity index (χ4v) is 4.25. The van der Waals surface area contributed by atoms with E-state index < -0.39 is 0 Å². The van der Waals surface area contributed by atoms with E-state index in [2.05, 4.69) is 86.4 Å². The van der Waals surface area contributed by atoms with Gasteiger partial charge in [-0.25, -0.2) is 15.0 Å². The molecule has 162 valence electrons. The molecule has 1 unspecified atom stereocenters. The van der Waals surface area contributed by atoms with E-state index in [0.29, 0.717) is 11.7 Å². The van der Waals surface area contributed by atoms with E-state index in [4.69, 9.17) is 15.0 Å². The lowest BCUT2D eigenvalue weighted by atomic mass is 9.85. The van der Waals surface area contributed by atoms with E-state index in [1.54, 1.807) is 6.08 Å². The molecule has 0 radical (unpaired) electrons. The molecule has 0 saturated heterocycles. The summed E-state index contributed by atoms with van der Waals surface area (Å²) in [6, 6.07) is 8.30. The van der Waals surface area contributed by atoms with Crippen molar-refractivity contribution in [1.82, 2.24) is 15.0 Å². The monoisotopic (exact) mass is 429 g/mol. The van der Waals surface area contributed by atoms with Crippen LogP contribution in [-0.2, 0) is 0 Å². The predicted octanol–water partition coefficient (Wildman–Crippen LogP) is 7.32. The second-order valence-corrected chi connectivity index (χ2v) is 8.62. The molecule has 0 fully saturated rings. The van der Waals surface area contributed by atoms with Crippen molar-refractivity contribution in [2.24, 2.45) is 5.92 Å². The summed E-state index contributed by atoms with van der Waals surface area (Å²) in [7, 11) is 0. The van der Waals surface area contributed by atoms with Gasteiger partial charge in [0, 0.05) is 17.1 Å². The van der Waals surface area contributed by atoms with E-state index in [-0.39, 0.29) is 0 Å². The quantitative estimate of drug-likeness (QED) is 0.468. The molecular formula is C30H27N3. The van der Waals surface area contributed by atoms with Gasteiger partial charge in [-0.05, 0) is 49.0 Å². The largest absolute Gasteiger partial charge is 0.209 e. The smallest absolute Gasteiger partial charge is 0.164 e. The molecule has 3 aliphatic rings. The molecule has 0 amide bonds. The van der Waals surface area contributed by atoms with Crippen molar-refractivity contribution in [1.29, 1.82) is 0 Å². The van der Waals surface area contributed by atoms with Crippen LogP contribution in [0.2, 0.25) is 0 Å². The molecule has 0 aliphatic heterocycles. The first-order chi connectivity index (χ1) is 16.2. The number of hydrogen-bond acceptors (Lipinski definition) is 3. The average Bonchev–Trinajstić information content (AvgIpc) is 2.87. The zero-order chi connectivity index (χ0) is 22.6. The number of nitrogens with zero attached hydrogens (tertiary/aromatic N) is 3. The van der Waals surface area contributed by atoms with Gasteiger partial charge in [0.2, 0.25) is 0 Å². The molecule has 1 aromatic carbocycles. The minimum atomic E-state index is 0.449. The van der Waals surface area contributed by atoms with Crippen molar-refractivity contribution in [3.05, 3.63) is 120 Å². The van der Waals surface area contributed by atoms with Crippen molar-refractivity contribution < 1.29 is 0 Å². The summed E-state index contributed by atoms with van der Waals surface area (Å²) in [5.74, 6) is 2.67. The first-order valence-electron chi connectivity index (χ1n) is 11.5. The molecule has 33 heavy (non-hydrogen) atoms. The Morgan fingerprint density at radius 2 is 1.76 bits per heavy atom. The van der Waals surface area contributed by atoms with E-state index in [9.17, 15) is 0 Å². The van der Waals surface area contributed by atoms with E-state index in [0.717, 1.165) is 47.6 Å². The summed E-state index contributed by atoms with van der Waals surface area (Å²) >= 11 is 0. The molecule has 1 aromatic heterocycles. The second kappa shape index (κ2) is 9.33. The van der Waals surface area contributed by atoms with Gasteiger partial charge < -0.3 is 0 Å². The lowest BCUT2D eigenvalue weighted by Crippen LogP contribution is -2.09. The molecule has 5 rings (SSSR count). The second-order valence-electron chi connectivity index (χ2n) is 8.62. The standard InChI is InChI=1S/C30H27N3/c1-3-4-7-22-12-16-25(17-13-22)29-31-28(24-14-10-21(2)11-15-24)32-30(33-29)27-19-18-23-8-5-6-9-26(23)20-27/h3-10,12-14,16-17,19-20,23H,1,11,15,18H2,2H3/b7-4-. The van der Waals surface area contributed by atoms with Crippen molar-refractivity contribution in [2.75, 3.05) is 0 Å². The minimum absolute atomic E-state index is 0.449. The Morgan fingerprint density at radius 3 is 2.55 bits per heavy atom. The predicted molar refractivity (Wildman–Crippen MR) is 138 cm³/mol. The number of hydrogen-bond donors (Lipinski definition) is 0. The highest BCUT2D eigenvalue weighted by atomic mass is 15.0. The first kappa shape index (κ1) is 21.0. The molecule has 0 spiro atoms. The Morgan fingerprint density at radius 1 is 0.939 bits per heavy atom. The van der Waals surface area contributed by atoms with Crippen LogP contribution in [0.1, 0.15) is 43.4 Å². The van der Waals surface area contributed by atoms with Crippen LogP contribution in [-0.4, -0.2) is 15.0 Å². The molecule has 1 heterocycles. The Balaban J connectivity index is 1.57. The summed E-state index contributed by atoms with van der Waals surface area (Å²) in [4.78, 5) is 14.7. The number of fused-ring (bicyclic) bond motifs is 1. The van der Waals surface area contributed by atoms with Crippen LogP contribution < -0.4 is 0 Å². The van der Waals surface area contributed by atoms with Crippen molar-refractivity contribution in [3.8, 4) is 11.4 Å². The lowest BCUT2D eigenvalue weighted by molar-refractivity contribution is 0.780. The van der Waals surface area contributed by atoms with E-state index >= 15 is 0 Å². The Bertz CT molecular complexity index is 1290. The number of allylic oxidation sites excluding steroid dienone is 14. The first-order valence-corrected chi connectivity index (χ1v) is 11.5. The number of aromatic nitrogens is 3. The van der Waals surface area contributed by atoms with Crippen LogP contribution in [0.3, 0.4) is 0 Å². The topological polar surface area (TPSA) is 38.7 Å². The van der Waals surface area contributed by atoms with Gasteiger partial charge in [-0.3, -0.25) is 0 Å². The zero-order valence-electron chi connectivity index (χ0n) is 18.9. The van der Waals surface area contributed by atoms with Gasteiger partial charge in [0.05, 0.1) is 0 Å². The van der Waals surface area contributed by atoms with Crippen LogP contribution in [0.5, 0.6) is 0 Å². The van der Waals surface area contributed by atoms with Gasteiger partial charge in [0.15, 0.2) is 17.5 Å². The van der Waals surface area contributed by atoms with Crippen molar-refractivity contribution in [3.63, 3.8) is 0 Å². The highest BCUT2D eigenvalue weighted by molar-refractivity contribution is 5.76. The maximum absolute atomic E-state index is 4.93. The minimum Gasteiger partial charge on any atom is -0.209 e. The van der Waals surface area contributed by atoms with Gasteiger partial charge in [0.1, 0.15) is 0 Å². The fourth-order valence-electron chi connectivity index (χ4n) is 4.25. The average molecular weight is 430 g/mol. The van der Waals surface area contributed by atoms with Crippen LogP contribution in [0.15, 0.2) is 103 Å². The molecule has 0 N–H and O–H groups in total. The third kappa shape index (κ3) is 4.68. The van der Waals surface area contributed by atoms with Gasteiger partial charge >= 0.3 is 0 Å². The Labute approximate surface area is 195 Å². The summed E-state index contributed by atoms with van der Waals surface area (Å²) in [6.45, 7) is 5.91. The summed E-state index contributed by atoms with van der Waals surface area (Å²) in [6.07, 6.45) is 26.2. The van der Waals surface area contributed by atoms with Gasteiger partial charge in [0.25, 0.3) is 0 Å².